The molecule has 1 aromatic rings. The summed E-state index contributed by atoms with van der Waals surface area (Å²) in [6, 6.07) is 0.386. The van der Waals surface area contributed by atoms with Gasteiger partial charge in [-0.1, -0.05) is 6.92 Å². The lowest BCUT2D eigenvalue weighted by Crippen LogP contribution is -2.25. The largest absolute Gasteiger partial charge is 0.309 e. The van der Waals surface area contributed by atoms with Gasteiger partial charge in [0.05, 0.1) is 10.6 Å². The standard InChI is InChI=1S/C12H19N3O2/c1-5-9(3)13-7-11-10(4)12(15(16)17)8(2)6-14-11/h6,9,13H,5,7H2,1-4H3. The minimum atomic E-state index is -0.334. The van der Waals surface area contributed by atoms with Crippen LogP contribution in [0.15, 0.2) is 6.20 Å². The third-order valence-corrected chi connectivity index (χ3v) is 2.99. The number of aryl methyl sites for hydroxylation is 1. The molecule has 1 aromatic heterocycles. The Bertz CT molecular complexity index is 418. The van der Waals surface area contributed by atoms with E-state index in [0.717, 1.165) is 12.1 Å². The van der Waals surface area contributed by atoms with Crippen LogP contribution in [0.3, 0.4) is 0 Å². The predicted octanol–water partition coefficient (Wildman–Crippen LogP) is 2.49. The lowest BCUT2D eigenvalue weighted by atomic mass is 10.1. The van der Waals surface area contributed by atoms with Crippen molar-refractivity contribution in [2.45, 2.75) is 46.7 Å². The molecule has 0 radical (unpaired) electrons. The molecule has 0 bridgehead atoms. The smallest absolute Gasteiger partial charge is 0.278 e. The van der Waals surface area contributed by atoms with Gasteiger partial charge in [0.2, 0.25) is 0 Å². The molecule has 0 fully saturated rings. The normalized spacial score (nSPS) is 12.5. The zero-order chi connectivity index (χ0) is 13.0. The molecule has 0 aliphatic carbocycles. The van der Waals surface area contributed by atoms with Gasteiger partial charge in [0, 0.05) is 29.9 Å². The summed E-state index contributed by atoms with van der Waals surface area (Å²) >= 11 is 0. The third kappa shape index (κ3) is 3.23. The van der Waals surface area contributed by atoms with Gasteiger partial charge in [-0.3, -0.25) is 15.1 Å². The molecule has 94 valence electrons. The average Bonchev–Trinajstić information content (AvgIpc) is 2.27. The van der Waals surface area contributed by atoms with Gasteiger partial charge in [-0.15, -0.1) is 0 Å². The number of hydrogen-bond acceptors (Lipinski definition) is 4. The highest BCUT2D eigenvalue weighted by molar-refractivity contribution is 5.47. The first-order chi connectivity index (χ1) is 7.97. The summed E-state index contributed by atoms with van der Waals surface area (Å²) in [6.45, 7) is 8.21. The van der Waals surface area contributed by atoms with E-state index in [-0.39, 0.29) is 10.6 Å². The minimum absolute atomic E-state index is 0.181. The Kier molecular flexibility index (Phi) is 4.57. The SMILES string of the molecule is CCC(C)NCc1ncc(C)c([N+](=O)[O-])c1C. The second-order valence-electron chi connectivity index (χ2n) is 4.31. The van der Waals surface area contributed by atoms with E-state index >= 15 is 0 Å². The van der Waals surface area contributed by atoms with Crippen molar-refractivity contribution in [1.82, 2.24) is 10.3 Å². The van der Waals surface area contributed by atoms with Crippen LogP contribution < -0.4 is 5.32 Å². The summed E-state index contributed by atoms with van der Waals surface area (Å²) < 4.78 is 0. The molecule has 0 aliphatic rings. The second-order valence-corrected chi connectivity index (χ2v) is 4.31. The molecule has 5 heteroatoms. The molecule has 0 spiro atoms. The fourth-order valence-electron chi connectivity index (χ4n) is 1.64. The lowest BCUT2D eigenvalue weighted by molar-refractivity contribution is -0.386. The molecule has 0 saturated heterocycles. The number of rotatable bonds is 5. The van der Waals surface area contributed by atoms with E-state index in [9.17, 15) is 10.1 Å². The van der Waals surface area contributed by atoms with Crippen molar-refractivity contribution in [3.8, 4) is 0 Å². The van der Waals surface area contributed by atoms with Gasteiger partial charge in [0.15, 0.2) is 0 Å². The molecule has 1 atom stereocenters. The van der Waals surface area contributed by atoms with Gasteiger partial charge in [-0.05, 0) is 27.2 Å². The Morgan fingerprint density at radius 3 is 2.71 bits per heavy atom. The van der Waals surface area contributed by atoms with Gasteiger partial charge in [0.1, 0.15) is 0 Å². The molecule has 0 amide bonds. The van der Waals surface area contributed by atoms with Crippen molar-refractivity contribution in [2.75, 3.05) is 0 Å². The van der Waals surface area contributed by atoms with Gasteiger partial charge >= 0.3 is 0 Å². The van der Waals surface area contributed by atoms with Crippen molar-refractivity contribution in [1.29, 1.82) is 0 Å². The van der Waals surface area contributed by atoms with Crippen LogP contribution in [0.2, 0.25) is 0 Å². The van der Waals surface area contributed by atoms with Gasteiger partial charge in [0.25, 0.3) is 5.69 Å². The maximum absolute atomic E-state index is 10.9. The van der Waals surface area contributed by atoms with Crippen LogP contribution >= 0.6 is 0 Å². The number of nitrogens with zero attached hydrogens (tertiary/aromatic N) is 2. The monoisotopic (exact) mass is 237 g/mol. The zero-order valence-electron chi connectivity index (χ0n) is 10.8. The van der Waals surface area contributed by atoms with Gasteiger partial charge < -0.3 is 5.32 Å². The third-order valence-electron chi connectivity index (χ3n) is 2.99. The van der Waals surface area contributed by atoms with E-state index in [1.165, 1.54) is 0 Å². The molecule has 0 aromatic carbocycles. The number of aromatic nitrogens is 1. The van der Waals surface area contributed by atoms with E-state index in [1.54, 1.807) is 20.0 Å². The average molecular weight is 237 g/mol. The molecular weight excluding hydrogens is 218 g/mol. The Morgan fingerprint density at radius 1 is 1.53 bits per heavy atom. The zero-order valence-corrected chi connectivity index (χ0v) is 10.8. The fraction of sp³-hybridized carbons (Fsp3) is 0.583. The van der Waals surface area contributed by atoms with Crippen LogP contribution in [-0.4, -0.2) is 15.9 Å². The summed E-state index contributed by atoms with van der Waals surface area (Å²) in [7, 11) is 0. The highest BCUT2D eigenvalue weighted by Gasteiger charge is 2.18. The predicted molar refractivity (Wildman–Crippen MR) is 67.0 cm³/mol. The summed E-state index contributed by atoms with van der Waals surface area (Å²) in [5.74, 6) is 0. The number of nitrogens with one attached hydrogen (secondary N) is 1. The molecule has 1 rings (SSSR count). The lowest BCUT2D eigenvalue weighted by Gasteiger charge is -2.12. The van der Waals surface area contributed by atoms with E-state index in [2.05, 4.69) is 24.1 Å². The summed E-state index contributed by atoms with van der Waals surface area (Å²) in [4.78, 5) is 14.9. The number of nitro groups is 1. The van der Waals surface area contributed by atoms with Gasteiger partial charge in [-0.25, -0.2) is 0 Å². The Labute approximate surface area is 101 Å². The molecule has 1 heterocycles. The minimum Gasteiger partial charge on any atom is -0.309 e. The summed E-state index contributed by atoms with van der Waals surface area (Å²) in [5, 5.41) is 14.2. The molecule has 5 nitrogen and oxygen atoms in total. The van der Waals surface area contributed by atoms with Crippen LogP contribution in [0.1, 0.15) is 37.1 Å². The highest BCUT2D eigenvalue weighted by atomic mass is 16.6. The first-order valence-corrected chi connectivity index (χ1v) is 5.80. The van der Waals surface area contributed by atoms with Crippen LogP contribution in [-0.2, 0) is 6.54 Å². The van der Waals surface area contributed by atoms with Crippen molar-refractivity contribution >= 4 is 5.69 Å². The topological polar surface area (TPSA) is 68.1 Å². The number of pyridine rings is 1. The van der Waals surface area contributed by atoms with E-state index in [0.29, 0.717) is 23.7 Å². The fourth-order valence-corrected chi connectivity index (χ4v) is 1.64. The molecule has 17 heavy (non-hydrogen) atoms. The molecule has 0 aliphatic heterocycles. The molecule has 1 N–H and O–H groups in total. The van der Waals surface area contributed by atoms with Crippen LogP contribution in [0, 0.1) is 24.0 Å². The Morgan fingerprint density at radius 2 is 2.18 bits per heavy atom. The van der Waals surface area contributed by atoms with Gasteiger partial charge in [-0.2, -0.15) is 0 Å². The van der Waals surface area contributed by atoms with Crippen molar-refractivity contribution in [2.24, 2.45) is 0 Å². The summed E-state index contributed by atoms with van der Waals surface area (Å²) in [6.07, 6.45) is 2.59. The molecule has 0 saturated carbocycles. The van der Waals surface area contributed by atoms with E-state index in [4.69, 9.17) is 0 Å². The maximum atomic E-state index is 10.9. The molecule has 1 unspecified atom stereocenters. The highest BCUT2D eigenvalue weighted by Crippen LogP contribution is 2.23. The maximum Gasteiger partial charge on any atom is 0.278 e. The quantitative estimate of drug-likeness (QED) is 0.631. The van der Waals surface area contributed by atoms with Crippen molar-refractivity contribution < 1.29 is 4.92 Å². The Hall–Kier alpha value is -1.49. The summed E-state index contributed by atoms with van der Waals surface area (Å²) in [5.41, 5.74) is 2.20. The second kappa shape index (κ2) is 5.72. The van der Waals surface area contributed by atoms with E-state index in [1.807, 2.05) is 0 Å². The first-order valence-electron chi connectivity index (χ1n) is 5.80. The van der Waals surface area contributed by atoms with Crippen LogP contribution in [0.4, 0.5) is 5.69 Å². The Balaban J connectivity index is 2.95. The molecular formula is C12H19N3O2. The van der Waals surface area contributed by atoms with Crippen molar-refractivity contribution in [3.63, 3.8) is 0 Å². The van der Waals surface area contributed by atoms with E-state index < -0.39 is 0 Å². The number of hydrogen-bond donors (Lipinski definition) is 1. The van der Waals surface area contributed by atoms with Crippen molar-refractivity contribution in [3.05, 3.63) is 33.1 Å². The first kappa shape index (κ1) is 13.6. The van der Waals surface area contributed by atoms with Crippen LogP contribution in [0.5, 0.6) is 0 Å². The van der Waals surface area contributed by atoms with Crippen LogP contribution in [0.25, 0.3) is 0 Å².